The summed E-state index contributed by atoms with van der Waals surface area (Å²) in [4.78, 5) is 22.5. The minimum atomic E-state index is -0.922. The summed E-state index contributed by atoms with van der Waals surface area (Å²) >= 11 is 7.36. The zero-order valence-corrected chi connectivity index (χ0v) is 22.2. The van der Waals surface area contributed by atoms with Crippen molar-refractivity contribution in [2.45, 2.75) is 45.4 Å². The first kappa shape index (κ1) is 23.5. The molecule has 2 aromatic heterocycles. The van der Waals surface area contributed by atoms with Gasteiger partial charge in [0.15, 0.2) is 0 Å². The average Bonchev–Trinajstić information content (AvgIpc) is 2.97. The molecule has 1 fully saturated rings. The largest absolute Gasteiger partial charge is 0.620 e. The molecule has 3 heterocycles. The summed E-state index contributed by atoms with van der Waals surface area (Å²) in [5, 5.41) is 14.5. The number of rotatable bonds is 2. The Morgan fingerprint density at radius 1 is 1.06 bits per heavy atom. The summed E-state index contributed by atoms with van der Waals surface area (Å²) in [6.45, 7) is 2.34. The van der Waals surface area contributed by atoms with Crippen molar-refractivity contribution in [2.24, 2.45) is 0 Å². The van der Waals surface area contributed by atoms with Gasteiger partial charge in [-0.1, -0.05) is 22.0 Å². The lowest BCUT2D eigenvalue weighted by Crippen LogP contribution is -2.50. The van der Waals surface area contributed by atoms with Crippen LogP contribution >= 0.6 is 31.9 Å². The van der Waals surface area contributed by atoms with E-state index in [1.54, 1.807) is 30.7 Å². The molecule has 1 aliphatic heterocycles. The number of hydroxylamine groups is 3. The zero-order chi connectivity index (χ0) is 23.9. The second-order valence-electron chi connectivity index (χ2n) is 9.11. The van der Waals surface area contributed by atoms with E-state index < -0.39 is 4.65 Å². The molecule has 34 heavy (non-hydrogen) atoms. The maximum absolute atomic E-state index is 14.5. The van der Waals surface area contributed by atoms with Gasteiger partial charge < -0.3 is 5.21 Å². The van der Waals surface area contributed by atoms with E-state index in [0.717, 1.165) is 68.1 Å². The standard InChI is InChI=1S/C27H25Br2N3O2/c1-17-12-19-5-6-20-15-21(28)16-31-27(20)26(25(19)22(29)13-17)23-4-2-3-11-32(23,34)24(33)14-18-7-9-30-10-8-18/h7-10,12-13,15-16H,2-6,11,14H2,1H3. The van der Waals surface area contributed by atoms with Crippen LogP contribution < -0.4 is 0 Å². The van der Waals surface area contributed by atoms with E-state index in [9.17, 15) is 10.0 Å². The Balaban J connectivity index is 1.76. The molecule has 1 amide bonds. The van der Waals surface area contributed by atoms with Crippen LogP contribution in [0.25, 0.3) is 5.57 Å². The van der Waals surface area contributed by atoms with E-state index in [1.807, 2.05) is 0 Å². The van der Waals surface area contributed by atoms with Gasteiger partial charge in [0.05, 0.1) is 24.2 Å². The molecule has 3 aromatic rings. The zero-order valence-electron chi connectivity index (χ0n) is 19.0. The van der Waals surface area contributed by atoms with Crippen molar-refractivity contribution in [3.05, 3.63) is 102 Å². The molecule has 5 nitrogen and oxygen atoms in total. The van der Waals surface area contributed by atoms with Crippen LogP contribution in [0, 0.1) is 12.1 Å². The molecule has 1 unspecified atom stereocenters. The third-order valence-corrected chi connectivity index (χ3v) is 7.83. The molecule has 1 atom stereocenters. The third kappa shape index (κ3) is 4.31. The van der Waals surface area contributed by atoms with Crippen LogP contribution in [0.4, 0.5) is 0 Å². The normalized spacial score (nSPS) is 22.0. The van der Waals surface area contributed by atoms with E-state index in [1.165, 1.54) is 5.56 Å². The van der Waals surface area contributed by atoms with Gasteiger partial charge in [0, 0.05) is 39.5 Å². The molecule has 0 bridgehead atoms. The predicted octanol–water partition coefficient (Wildman–Crippen LogP) is 6.44. The summed E-state index contributed by atoms with van der Waals surface area (Å²) < 4.78 is 0.938. The van der Waals surface area contributed by atoms with Crippen molar-refractivity contribution >= 4 is 43.3 Å². The van der Waals surface area contributed by atoms with Crippen LogP contribution in [0.3, 0.4) is 0 Å². The SMILES string of the molecule is Cc1cc(Br)c2c(c1)CCc1cc(Br)cnc1C2=C1CCCC[N+]1([O-])C(=O)Cc1ccncc1. The quantitative estimate of drug-likeness (QED) is 0.258. The number of halogens is 2. The fourth-order valence-electron chi connectivity index (χ4n) is 5.18. The molecule has 0 radical (unpaired) electrons. The van der Waals surface area contributed by atoms with E-state index in [0.29, 0.717) is 12.1 Å². The van der Waals surface area contributed by atoms with Gasteiger partial charge in [-0.05, 0) is 95.1 Å². The summed E-state index contributed by atoms with van der Waals surface area (Å²) in [7, 11) is 0. The van der Waals surface area contributed by atoms with Crippen molar-refractivity contribution < 1.29 is 9.44 Å². The van der Waals surface area contributed by atoms with Gasteiger partial charge in [0.25, 0.3) is 0 Å². The molecule has 1 saturated heterocycles. The molecule has 1 aromatic carbocycles. The third-order valence-electron chi connectivity index (χ3n) is 6.77. The van der Waals surface area contributed by atoms with Crippen LogP contribution in [0.1, 0.15) is 52.8 Å². The van der Waals surface area contributed by atoms with Crippen LogP contribution in [0.15, 0.2) is 63.6 Å². The number of aryl methyl sites for hydroxylation is 3. The molecule has 0 spiro atoms. The first-order chi connectivity index (χ1) is 16.4. The monoisotopic (exact) mass is 581 g/mol. The molecule has 0 N–H and O–H groups in total. The van der Waals surface area contributed by atoms with Gasteiger partial charge in [0.2, 0.25) is 0 Å². The minimum Gasteiger partial charge on any atom is -0.620 e. The van der Waals surface area contributed by atoms with Gasteiger partial charge in [-0.15, -0.1) is 0 Å². The van der Waals surface area contributed by atoms with E-state index in [2.05, 4.69) is 62.0 Å². The number of aromatic nitrogens is 2. The maximum atomic E-state index is 14.5. The summed E-state index contributed by atoms with van der Waals surface area (Å²) in [5.74, 6) is -0.332. The number of pyridine rings is 2. The predicted molar refractivity (Wildman–Crippen MR) is 140 cm³/mol. The van der Waals surface area contributed by atoms with Crippen molar-refractivity contribution in [1.29, 1.82) is 0 Å². The fourth-order valence-corrected chi connectivity index (χ4v) is 6.38. The Morgan fingerprint density at radius 2 is 1.82 bits per heavy atom. The second-order valence-corrected chi connectivity index (χ2v) is 10.9. The van der Waals surface area contributed by atoms with Gasteiger partial charge in [-0.2, -0.15) is 0 Å². The molecule has 0 saturated carbocycles. The first-order valence-corrected chi connectivity index (χ1v) is 13.1. The van der Waals surface area contributed by atoms with Crippen molar-refractivity contribution in [1.82, 2.24) is 9.97 Å². The number of amides is 1. The number of allylic oxidation sites excluding steroid dienone is 1. The highest BCUT2D eigenvalue weighted by molar-refractivity contribution is 9.10. The average molecular weight is 583 g/mol. The Kier molecular flexibility index (Phi) is 6.55. The smallest absolute Gasteiger partial charge is 0.322 e. The highest BCUT2D eigenvalue weighted by atomic mass is 79.9. The highest BCUT2D eigenvalue weighted by Crippen LogP contribution is 2.44. The maximum Gasteiger partial charge on any atom is 0.322 e. The summed E-state index contributed by atoms with van der Waals surface area (Å²) in [5.41, 5.74) is 7.54. The van der Waals surface area contributed by atoms with Crippen molar-refractivity contribution in [3.63, 3.8) is 0 Å². The number of fused-ring (bicyclic) bond motifs is 2. The number of hydrogen-bond donors (Lipinski definition) is 0. The number of hydrogen-bond acceptors (Lipinski definition) is 4. The van der Waals surface area contributed by atoms with E-state index in [4.69, 9.17) is 4.98 Å². The molecule has 1 aliphatic carbocycles. The molecule has 7 heteroatoms. The molecular weight excluding hydrogens is 558 g/mol. The van der Waals surface area contributed by atoms with E-state index in [-0.39, 0.29) is 18.9 Å². The first-order valence-electron chi connectivity index (χ1n) is 11.6. The Labute approximate surface area is 216 Å². The topological polar surface area (TPSA) is 65.9 Å². The Hall–Kier alpha value is -2.19. The molecule has 2 aliphatic rings. The van der Waals surface area contributed by atoms with Gasteiger partial charge in [0.1, 0.15) is 5.70 Å². The number of nitrogens with zero attached hydrogens (tertiary/aromatic N) is 3. The number of carbonyl (C=O) groups is 1. The number of benzene rings is 1. The van der Waals surface area contributed by atoms with Crippen molar-refractivity contribution in [3.8, 4) is 0 Å². The van der Waals surface area contributed by atoms with Crippen LogP contribution in [0.2, 0.25) is 0 Å². The lowest BCUT2D eigenvalue weighted by Gasteiger charge is -2.45. The van der Waals surface area contributed by atoms with Gasteiger partial charge in [-0.3, -0.25) is 14.6 Å². The lowest BCUT2D eigenvalue weighted by molar-refractivity contribution is -0.770. The molecule has 5 rings (SSSR count). The fraction of sp³-hybridized carbons (Fsp3) is 0.296. The molecular formula is C27H25Br2N3O2. The second kappa shape index (κ2) is 9.46. The lowest BCUT2D eigenvalue weighted by atomic mass is 9.90. The van der Waals surface area contributed by atoms with Crippen LogP contribution in [0.5, 0.6) is 0 Å². The minimum absolute atomic E-state index is 0.0886. The summed E-state index contributed by atoms with van der Waals surface area (Å²) in [6.07, 6.45) is 9.06. The van der Waals surface area contributed by atoms with Gasteiger partial charge in [-0.25, -0.2) is 4.79 Å². The van der Waals surface area contributed by atoms with Crippen LogP contribution in [-0.4, -0.2) is 27.1 Å². The summed E-state index contributed by atoms with van der Waals surface area (Å²) in [6, 6.07) is 9.98. The number of piperidine rings is 1. The van der Waals surface area contributed by atoms with Crippen LogP contribution in [-0.2, 0) is 24.1 Å². The van der Waals surface area contributed by atoms with Gasteiger partial charge >= 0.3 is 5.91 Å². The number of quaternary nitrogens is 1. The molecule has 174 valence electrons. The highest BCUT2D eigenvalue weighted by Gasteiger charge is 2.39. The van der Waals surface area contributed by atoms with Crippen molar-refractivity contribution in [2.75, 3.05) is 6.54 Å². The number of carbonyl (C=O) groups excluding carboxylic acids is 1. The Morgan fingerprint density at radius 3 is 2.62 bits per heavy atom. The number of likely N-dealkylation sites (tertiary alicyclic amines) is 1. The Bertz CT molecular complexity index is 1310. The van der Waals surface area contributed by atoms with E-state index >= 15 is 0 Å².